The first-order chi connectivity index (χ1) is 13.9. The van der Waals surface area contributed by atoms with Gasteiger partial charge in [-0.05, 0) is 37.3 Å². The maximum absolute atomic E-state index is 6.72. The number of nitrogens with two attached hydrogens (primary N) is 1. The van der Waals surface area contributed by atoms with E-state index in [4.69, 9.17) is 19.3 Å². The highest BCUT2D eigenvalue weighted by atomic mass is 28.4. The quantitative estimate of drug-likeness (QED) is 0.597. The van der Waals surface area contributed by atoms with Crippen LogP contribution in [0, 0.1) is 0 Å². The maximum Gasteiger partial charge on any atom is 0.189 e. The first-order valence-corrected chi connectivity index (χ1v) is 16.8. The number of imidazole rings is 1. The number of fused-ring (bicyclic) bond motifs is 1. The van der Waals surface area contributed by atoms with Gasteiger partial charge in [-0.3, -0.25) is 4.57 Å². The van der Waals surface area contributed by atoms with E-state index in [1.54, 1.807) is 6.33 Å². The summed E-state index contributed by atoms with van der Waals surface area (Å²) in [6, 6.07) is 0. The van der Waals surface area contributed by atoms with Crippen LogP contribution in [0.3, 0.4) is 0 Å². The first-order valence-electron chi connectivity index (χ1n) is 10.8. The zero-order valence-electron chi connectivity index (χ0n) is 19.5. The average molecular weight is 452 g/mol. The summed E-state index contributed by atoms with van der Waals surface area (Å²) in [5.41, 5.74) is 8.30. The van der Waals surface area contributed by atoms with Crippen LogP contribution in [0.15, 0.2) is 12.7 Å². The molecule has 10 heteroatoms. The van der Waals surface area contributed by atoms with E-state index in [-0.39, 0.29) is 18.4 Å². The third-order valence-electron chi connectivity index (χ3n) is 6.73. The van der Waals surface area contributed by atoms with Gasteiger partial charge < -0.3 is 19.3 Å². The fourth-order valence-corrected chi connectivity index (χ4v) is 5.44. The summed E-state index contributed by atoms with van der Waals surface area (Å²) in [6.45, 7) is 18.6. The van der Waals surface area contributed by atoms with Crippen LogP contribution in [0.2, 0.25) is 37.3 Å². The van der Waals surface area contributed by atoms with Crippen molar-refractivity contribution >= 4 is 33.6 Å². The van der Waals surface area contributed by atoms with Crippen LogP contribution < -0.4 is 5.73 Å². The van der Waals surface area contributed by atoms with Crippen molar-refractivity contribution in [2.45, 2.75) is 89.8 Å². The first kappa shape index (κ1) is 23.3. The molecule has 8 nitrogen and oxygen atoms in total. The van der Waals surface area contributed by atoms with Crippen LogP contribution in [0.5, 0.6) is 0 Å². The molecule has 0 aromatic carbocycles. The Morgan fingerprint density at radius 3 is 2.40 bits per heavy atom. The molecule has 1 aliphatic heterocycles. The molecule has 2 N–H and O–H groups in total. The van der Waals surface area contributed by atoms with Gasteiger partial charge in [0.05, 0.1) is 19.0 Å². The highest BCUT2D eigenvalue weighted by molar-refractivity contribution is 6.72. The van der Waals surface area contributed by atoms with Crippen LogP contribution in [-0.2, 0) is 13.6 Å². The number of hydrogen-bond acceptors (Lipinski definition) is 7. The summed E-state index contributed by atoms with van der Waals surface area (Å²) in [5.74, 6) is 0.377. The van der Waals surface area contributed by atoms with E-state index in [0.717, 1.165) is 6.42 Å². The minimum atomic E-state index is -1.86. The highest BCUT2D eigenvalue weighted by Crippen LogP contribution is 2.37. The van der Waals surface area contributed by atoms with Crippen molar-refractivity contribution < 1.29 is 13.6 Å². The smallest absolute Gasteiger partial charge is 0.189 e. The van der Waals surface area contributed by atoms with E-state index in [1.165, 1.54) is 6.33 Å². The fraction of sp³-hybridized carbons (Fsp3) is 0.750. The van der Waals surface area contributed by atoms with Gasteiger partial charge in [0.1, 0.15) is 24.2 Å². The molecule has 2 aromatic heterocycles. The van der Waals surface area contributed by atoms with Crippen molar-refractivity contribution in [1.29, 1.82) is 0 Å². The van der Waals surface area contributed by atoms with E-state index in [1.807, 2.05) is 4.57 Å². The summed E-state index contributed by atoms with van der Waals surface area (Å²) in [7, 11) is -3.63. The van der Waals surface area contributed by atoms with Gasteiger partial charge in [-0.1, -0.05) is 27.7 Å². The van der Waals surface area contributed by atoms with Crippen LogP contribution in [0.4, 0.5) is 5.82 Å². The molecule has 30 heavy (non-hydrogen) atoms. The molecule has 1 unspecified atom stereocenters. The van der Waals surface area contributed by atoms with Crippen LogP contribution in [0.25, 0.3) is 11.2 Å². The molecule has 1 fully saturated rings. The Balaban J connectivity index is 1.84. The maximum atomic E-state index is 6.72. The van der Waals surface area contributed by atoms with Crippen molar-refractivity contribution in [1.82, 2.24) is 19.5 Å². The number of rotatable bonds is 8. The van der Waals surface area contributed by atoms with Gasteiger partial charge in [0.25, 0.3) is 0 Å². The lowest BCUT2D eigenvalue weighted by atomic mass is 10.2. The summed E-state index contributed by atoms with van der Waals surface area (Å²) >= 11 is 0. The Bertz CT molecular complexity index is 871. The van der Waals surface area contributed by atoms with Crippen molar-refractivity contribution in [3.05, 3.63) is 12.7 Å². The summed E-state index contributed by atoms with van der Waals surface area (Å²) in [6.07, 6.45) is 3.57. The van der Waals surface area contributed by atoms with Gasteiger partial charge in [0.15, 0.2) is 28.1 Å². The third-order valence-corrected chi connectivity index (χ3v) is 14.1. The van der Waals surface area contributed by atoms with Gasteiger partial charge in [-0.25, -0.2) is 15.0 Å². The molecule has 0 amide bonds. The second-order valence-electron chi connectivity index (χ2n) is 9.93. The molecular weight excluding hydrogens is 414 g/mol. The molecule has 1 saturated heterocycles. The minimum Gasteiger partial charge on any atom is -0.414 e. The normalized spacial score (nSPS) is 23.2. The lowest BCUT2D eigenvalue weighted by Gasteiger charge is -2.34. The predicted molar refractivity (Wildman–Crippen MR) is 124 cm³/mol. The van der Waals surface area contributed by atoms with Gasteiger partial charge in [0.2, 0.25) is 0 Å². The largest absolute Gasteiger partial charge is 0.414 e. The highest BCUT2D eigenvalue weighted by Gasteiger charge is 2.43. The summed E-state index contributed by atoms with van der Waals surface area (Å²) in [4.78, 5) is 12.8. The zero-order chi connectivity index (χ0) is 22.3. The van der Waals surface area contributed by atoms with Crippen LogP contribution in [0.1, 0.15) is 40.3 Å². The summed E-state index contributed by atoms with van der Waals surface area (Å²) in [5, 5.41) is 0. The monoisotopic (exact) mass is 451 g/mol. The molecular formula is C20H37N5O3Si2. The number of ether oxygens (including phenoxy) is 1. The molecule has 3 rings (SSSR count). The predicted octanol–water partition coefficient (Wildman–Crippen LogP) is 4.33. The van der Waals surface area contributed by atoms with Crippen LogP contribution >= 0.6 is 0 Å². The molecule has 0 bridgehead atoms. The number of anilines is 1. The number of hydrogen-bond donors (Lipinski definition) is 1. The summed E-state index contributed by atoms with van der Waals surface area (Å²) < 4.78 is 21.6. The molecule has 0 radical (unpaired) electrons. The van der Waals surface area contributed by atoms with Gasteiger partial charge >= 0.3 is 0 Å². The zero-order valence-corrected chi connectivity index (χ0v) is 21.5. The second kappa shape index (κ2) is 8.66. The van der Waals surface area contributed by atoms with Gasteiger partial charge in [-0.15, -0.1) is 0 Å². The van der Waals surface area contributed by atoms with Crippen molar-refractivity contribution in [3.63, 3.8) is 0 Å². The number of aromatic nitrogens is 4. The van der Waals surface area contributed by atoms with E-state index in [2.05, 4.69) is 68.8 Å². The molecule has 3 heterocycles. The van der Waals surface area contributed by atoms with E-state index >= 15 is 0 Å². The molecule has 0 aliphatic carbocycles. The molecule has 168 valence electrons. The van der Waals surface area contributed by atoms with Crippen molar-refractivity contribution in [2.24, 2.45) is 0 Å². The number of nitrogens with zero attached hydrogens (tertiary/aromatic N) is 4. The van der Waals surface area contributed by atoms with E-state index in [9.17, 15) is 0 Å². The topological polar surface area (TPSA) is 97.3 Å². The lowest BCUT2D eigenvalue weighted by molar-refractivity contribution is -0.0375. The Morgan fingerprint density at radius 2 is 1.77 bits per heavy atom. The Labute approximate surface area is 181 Å². The van der Waals surface area contributed by atoms with Gasteiger partial charge in [-0.2, -0.15) is 0 Å². The minimum absolute atomic E-state index is 0.0207. The Morgan fingerprint density at radius 1 is 1.10 bits per heavy atom. The van der Waals surface area contributed by atoms with E-state index in [0.29, 0.717) is 34.7 Å². The van der Waals surface area contributed by atoms with Crippen molar-refractivity contribution in [3.8, 4) is 0 Å². The third kappa shape index (κ3) is 4.77. The van der Waals surface area contributed by atoms with E-state index < -0.39 is 16.6 Å². The Hall–Kier alpha value is -1.34. The fourth-order valence-electron chi connectivity index (χ4n) is 3.22. The standard InChI is InChI=1S/C20H37N5O3Si2/c1-13(2)29(5,6)26-10-16-15(28-30(7,8)14(3)4)9-17(27-16)25-12-24-18-19(21)22-11-23-20(18)25/h11-17H,9-10H2,1-8H3,(H2,21,22,23)/t15?,16-,17-/m1/s1. The SMILES string of the molecule is CC(C)[Si](C)(C)OC[C@H]1O[C@@H](n2cnc3c(N)ncnc32)CC1O[Si](C)(C)C(C)C. The second-order valence-corrected chi connectivity index (χ2v) is 19.2. The molecule has 3 atom stereocenters. The van der Waals surface area contributed by atoms with Gasteiger partial charge in [0, 0.05) is 6.42 Å². The van der Waals surface area contributed by atoms with Crippen LogP contribution in [-0.4, -0.2) is 55.0 Å². The Kier molecular flexibility index (Phi) is 6.73. The molecule has 0 spiro atoms. The molecule has 2 aromatic rings. The molecule has 1 aliphatic rings. The molecule has 0 saturated carbocycles. The lowest BCUT2D eigenvalue weighted by Crippen LogP contribution is -2.44. The van der Waals surface area contributed by atoms with Crippen molar-refractivity contribution in [2.75, 3.05) is 12.3 Å². The average Bonchev–Trinajstić information content (AvgIpc) is 3.24. The number of nitrogen functional groups attached to an aromatic ring is 1.